The summed E-state index contributed by atoms with van der Waals surface area (Å²) < 4.78 is 33.9. The molecule has 2 aromatic carbocycles. The molecular weight excluding hydrogens is 322 g/mol. The molecule has 5 heteroatoms. The second kappa shape index (κ2) is 6.48. The van der Waals surface area contributed by atoms with Crippen LogP contribution in [0.5, 0.6) is 5.75 Å². The second-order valence-electron chi connectivity index (χ2n) is 6.46. The number of rotatable bonds is 4. The van der Waals surface area contributed by atoms with Gasteiger partial charge in [-0.2, -0.15) is 0 Å². The second-order valence-corrected chi connectivity index (χ2v) is 8.11. The highest BCUT2D eigenvalue weighted by Gasteiger charge is 2.23. The molecule has 2 aromatic rings. The zero-order valence-electron chi connectivity index (χ0n) is 14.3. The van der Waals surface area contributed by atoms with Crippen LogP contribution >= 0.6 is 0 Å². The molecule has 1 aliphatic carbocycles. The van der Waals surface area contributed by atoms with Crippen LogP contribution in [0, 0.1) is 13.8 Å². The van der Waals surface area contributed by atoms with Crippen LogP contribution in [0.4, 0.5) is 5.69 Å². The Balaban J connectivity index is 2.02. The standard InChI is InChI=1S/C19H23NO3S/c1-13-8-14(2)10-17(9-13)20-24(21,22)19-12-16-7-5-4-6-15(16)11-18(19)23-3/h8-12,20H,4-7H2,1-3H3. The van der Waals surface area contributed by atoms with E-state index in [1.54, 1.807) is 6.07 Å². The molecule has 0 atom stereocenters. The number of methoxy groups -OCH3 is 1. The fraction of sp³-hybridized carbons (Fsp3) is 0.368. The van der Waals surface area contributed by atoms with E-state index < -0.39 is 10.0 Å². The molecule has 0 radical (unpaired) electrons. The van der Waals surface area contributed by atoms with Gasteiger partial charge in [0.2, 0.25) is 0 Å². The molecule has 1 aliphatic rings. The average molecular weight is 345 g/mol. The van der Waals surface area contributed by atoms with Crippen LogP contribution in [0.1, 0.15) is 35.1 Å². The van der Waals surface area contributed by atoms with Crippen LogP contribution in [0.3, 0.4) is 0 Å². The lowest BCUT2D eigenvalue weighted by atomic mass is 9.92. The lowest BCUT2D eigenvalue weighted by Crippen LogP contribution is -2.16. The first-order valence-corrected chi connectivity index (χ1v) is 9.68. The van der Waals surface area contributed by atoms with E-state index in [-0.39, 0.29) is 4.90 Å². The molecule has 0 spiro atoms. The Morgan fingerprint density at radius 1 is 0.917 bits per heavy atom. The van der Waals surface area contributed by atoms with Gasteiger partial charge in [0.15, 0.2) is 0 Å². The van der Waals surface area contributed by atoms with Crippen molar-refractivity contribution in [3.05, 3.63) is 52.6 Å². The zero-order chi connectivity index (χ0) is 17.3. The smallest absolute Gasteiger partial charge is 0.265 e. The van der Waals surface area contributed by atoms with Crippen LogP contribution in [0.15, 0.2) is 35.2 Å². The van der Waals surface area contributed by atoms with E-state index in [2.05, 4.69) is 4.72 Å². The van der Waals surface area contributed by atoms with Crippen molar-refractivity contribution in [1.82, 2.24) is 0 Å². The molecular formula is C19H23NO3S. The number of sulfonamides is 1. The van der Waals surface area contributed by atoms with Gasteiger partial charge >= 0.3 is 0 Å². The topological polar surface area (TPSA) is 55.4 Å². The van der Waals surface area contributed by atoms with E-state index >= 15 is 0 Å². The van der Waals surface area contributed by atoms with Crippen molar-refractivity contribution in [2.75, 3.05) is 11.8 Å². The first-order valence-electron chi connectivity index (χ1n) is 8.20. The van der Waals surface area contributed by atoms with Gasteiger partial charge in [-0.05, 0) is 86.1 Å². The molecule has 1 N–H and O–H groups in total. The van der Waals surface area contributed by atoms with E-state index in [1.807, 2.05) is 38.1 Å². The number of nitrogens with one attached hydrogen (secondary N) is 1. The van der Waals surface area contributed by atoms with Crippen LogP contribution in [0.2, 0.25) is 0 Å². The van der Waals surface area contributed by atoms with Crippen LogP contribution in [0.25, 0.3) is 0 Å². The highest BCUT2D eigenvalue weighted by Crippen LogP contribution is 2.33. The summed E-state index contributed by atoms with van der Waals surface area (Å²) >= 11 is 0. The van der Waals surface area contributed by atoms with Gasteiger partial charge in [0.05, 0.1) is 7.11 Å². The molecule has 0 heterocycles. The Morgan fingerprint density at radius 2 is 1.50 bits per heavy atom. The summed E-state index contributed by atoms with van der Waals surface area (Å²) in [5.41, 5.74) is 4.92. The molecule has 0 amide bonds. The minimum atomic E-state index is -3.70. The zero-order valence-corrected chi connectivity index (χ0v) is 15.2. The summed E-state index contributed by atoms with van der Waals surface area (Å²) in [6, 6.07) is 9.32. The normalized spacial score (nSPS) is 14.1. The molecule has 0 unspecified atom stereocenters. The lowest BCUT2D eigenvalue weighted by Gasteiger charge is -2.19. The number of fused-ring (bicyclic) bond motifs is 1. The van der Waals surface area contributed by atoms with Crippen molar-refractivity contribution < 1.29 is 13.2 Å². The summed E-state index contributed by atoms with van der Waals surface area (Å²) in [4.78, 5) is 0.213. The van der Waals surface area contributed by atoms with Crippen LogP contribution in [-0.4, -0.2) is 15.5 Å². The molecule has 128 valence electrons. The van der Waals surface area contributed by atoms with Gasteiger partial charge in [0.1, 0.15) is 10.6 Å². The third kappa shape index (κ3) is 3.41. The van der Waals surface area contributed by atoms with Gasteiger partial charge in [-0.15, -0.1) is 0 Å². The third-order valence-electron chi connectivity index (χ3n) is 4.39. The minimum absolute atomic E-state index is 0.213. The Hall–Kier alpha value is -2.01. The number of benzene rings is 2. The van der Waals surface area contributed by atoms with Gasteiger partial charge in [0.25, 0.3) is 10.0 Å². The van der Waals surface area contributed by atoms with E-state index in [0.717, 1.165) is 42.4 Å². The maximum absolute atomic E-state index is 12.9. The molecule has 4 nitrogen and oxygen atoms in total. The van der Waals surface area contributed by atoms with E-state index in [0.29, 0.717) is 11.4 Å². The van der Waals surface area contributed by atoms with E-state index in [9.17, 15) is 8.42 Å². The third-order valence-corrected chi connectivity index (χ3v) is 5.79. The number of anilines is 1. The largest absolute Gasteiger partial charge is 0.495 e. The maximum Gasteiger partial charge on any atom is 0.265 e. The SMILES string of the molecule is COc1cc2c(cc1S(=O)(=O)Nc1cc(C)cc(C)c1)CCCC2. The van der Waals surface area contributed by atoms with Gasteiger partial charge in [-0.1, -0.05) is 6.07 Å². The van der Waals surface area contributed by atoms with Crippen molar-refractivity contribution in [2.45, 2.75) is 44.4 Å². The van der Waals surface area contributed by atoms with Crippen molar-refractivity contribution in [1.29, 1.82) is 0 Å². The van der Waals surface area contributed by atoms with Crippen molar-refractivity contribution in [3.63, 3.8) is 0 Å². The van der Waals surface area contributed by atoms with Gasteiger partial charge in [0, 0.05) is 5.69 Å². The number of hydrogen-bond acceptors (Lipinski definition) is 3. The Bertz CT molecular complexity index is 852. The minimum Gasteiger partial charge on any atom is -0.495 e. The van der Waals surface area contributed by atoms with E-state index in [4.69, 9.17) is 4.74 Å². The molecule has 0 saturated heterocycles. The summed E-state index contributed by atoms with van der Waals surface area (Å²) in [5.74, 6) is 0.410. The Labute approximate surface area is 143 Å². The molecule has 0 aromatic heterocycles. The predicted octanol–water partition coefficient (Wildman–Crippen LogP) is 3.99. The molecule has 3 rings (SSSR count). The lowest BCUT2D eigenvalue weighted by molar-refractivity contribution is 0.401. The van der Waals surface area contributed by atoms with E-state index in [1.165, 1.54) is 12.7 Å². The van der Waals surface area contributed by atoms with Crippen molar-refractivity contribution in [3.8, 4) is 5.75 Å². The summed E-state index contributed by atoms with van der Waals surface area (Å²) in [5, 5.41) is 0. The number of hydrogen-bond donors (Lipinski definition) is 1. The fourth-order valence-corrected chi connectivity index (χ4v) is 4.60. The summed E-state index contributed by atoms with van der Waals surface area (Å²) in [6.45, 7) is 3.90. The van der Waals surface area contributed by atoms with Crippen LogP contribution < -0.4 is 9.46 Å². The molecule has 24 heavy (non-hydrogen) atoms. The van der Waals surface area contributed by atoms with Crippen LogP contribution in [-0.2, 0) is 22.9 Å². The van der Waals surface area contributed by atoms with Gasteiger partial charge in [-0.3, -0.25) is 4.72 Å². The quantitative estimate of drug-likeness (QED) is 0.911. The predicted molar refractivity (Wildman–Crippen MR) is 96.4 cm³/mol. The Kier molecular flexibility index (Phi) is 4.54. The molecule has 0 bridgehead atoms. The summed E-state index contributed by atoms with van der Waals surface area (Å²) in [6.07, 6.45) is 4.15. The first kappa shape index (κ1) is 16.8. The fourth-order valence-electron chi connectivity index (χ4n) is 3.35. The molecule has 0 saturated carbocycles. The number of aryl methyl sites for hydroxylation is 4. The molecule has 0 fully saturated rings. The molecule has 0 aliphatic heterocycles. The van der Waals surface area contributed by atoms with Gasteiger partial charge < -0.3 is 4.74 Å². The monoisotopic (exact) mass is 345 g/mol. The van der Waals surface area contributed by atoms with Crippen molar-refractivity contribution >= 4 is 15.7 Å². The maximum atomic E-state index is 12.9. The highest BCUT2D eigenvalue weighted by molar-refractivity contribution is 7.92. The van der Waals surface area contributed by atoms with Crippen molar-refractivity contribution in [2.24, 2.45) is 0 Å². The number of ether oxygens (including phenoxy) is 1. The Morgan fingerprint density at radius 3 is 2.08 bits per heavy atom. The highest BCUT2D eigenvalue weighted by atomic mass is 32.2. The average Bonchev–Trinajstić information content (AvgIpc) is 2.52. The van der Waals surface area contributed by atoms with Gasteiger partial charge in [-0.25, -0.2) is 8.42 Å². The summed E-state index contributed by atoms with van der Waals surface area (Å²) in [7, 11) is -2.18. The first-order chi connectivity index (χ1) is 11.4.